The van der Waals surface area contributed by atoms with Crippen LogP contribution in [0.25, 0.3) is 101 Å². The van der Waals surface area contributed by atoms with Gasteiger partial charge >= 0.3 is 0 Å². The zero-order chi connectivity index (χ0) is 38.7. The molecule has 0 amide bonds. The minimum Gasteiger partial charge on any atom is -0.228 e. The van der Waals surface area contributed by atoms with E-state index in [0.717, 1.165) is 77.8 Å². The first-order chi connectivity index (χ1) is 28.7. The van der Waals surface area contributed by atoms with E-state index in [-0.39, 0.29) is 0 Å². The zero-order valence-electron chi connectivity index (χ0n) is 31.4. The van der Waals surface area contributed by atoms with Crippen molar-refractivity contribution in [2.45, 2.75) is 0 Å². The standard InChI is InChI=1S/C53H35N5/c1-5-19-37(20-6-1)47-35-48(38-21-7-2-8-22-38)55-52(54-47)45-31-16-15-29-43(45)41-27-17-28-42(34-41)49-44-30-14-13-18-36(44)32-33-46(49)53-57-50(39-23-9-3-10-24-39)56-51(58-53)40-25-11-4-12-26-40/h1-35H. The van der Waals surface area contributed by atoms with Crippen molar-refractivity contribution < 1.29 is 0 Å². The number of hydrogen-bond donors (Lipinski definition) is 0. The maximum atomic E-state index is 5.19. The Kier molecular flexibility index (Phi) is 9.14. The Bertz CT molecular complexity index is 2930. The molecule has 5 nitrogen and oxygen atoms in total. The van der Waals surface area contributed by atoms with Crippen LogP contribution in [0.3, 0.4) is 0 Å². The molecule has 0 aliphatic carbocycles. The van der Waals surface area contributed by atoms with Crippen LogP contribution >= 0.6 is 0 Å². The van der Waals surface area contributed by atoms with Gasteiger partial charge in [0.1, 0.15) is 0 Å². The molecule has 10 rings (SSSR count). The van der Waals surface area contributed by atoms with Gasteiger partial charge in [0, 0.05) is 38.9 Å². The quantitative estimate of drug-likeness (QED) is 0.155. The molecule has 0 fully saturated rings. The Hall–Kier alpha value is -7.89. The zero-order valence-corrected chi connectivity index (χ0v) is 31.4. The van der Waals surface area contributed by atoms with Gasteiger partial charge in [0.05, 0.1) is 11.4 Å². The van der Waals surface area contributed by atoms with Gasteiger partial charge in [-0.2, -0.15) is 0 Å². The number of aromatic nitrogens is 5. The first kappa shape index (κ1) is 34.6. The van der Waals surface area contributed by atoms with Gasteiger partial charge in [0.25, 0.3) is 0 Å². The molecule has 0 saturated carbocycles. The van der Waals surface area contributed by atoms with Crippen molar-refractivity contribution >= 4 is 10.8 Å². The van der Waals surface area contributed by atoms with E-state index in [1.54, 1.807) is 0 Å². The first-order valence-electron chi connectivity index (χ1n) is 19.3. The SMILES string of the molecule is c1ccc(-c2cc(-c3ccccc3)nc(-c3ccccc3-c3cccc(-c4c(-c5nc(-c6ccccc6)nc(-c6ccccc6)n5)ccc5ccccc45)c3)n2)cc1. The van der Waals surface area contributed by atoms with Gasteiger partial charge in [-0.05, 0) is 45.7 Å². The number of rotatable bonds is 8. The molecule has 8 aromatic carbocycles. The van der Waals surface area contributed by atoms with E-state index < -0.39 is 0 Å². The molecular weight excluding hydrogens is 707 g/mol. The highest BCUT2D eigenvalue weighted by Gasteiger charge is 2.20. The van der Waals surface area contributed by atoms with E-state index >= 15 is 0 Å². The predicted octanol–water partition coefficient (Wildman–Crippen LogP) is 13.2. The lowest BCUT2D eigenvalue weighted by Crippen LogP contribution is -2.01. The summed E-state index contributed by atoms with van der Waals surface area (Å²) in [6, 6.07) is 72.8. The fraction of sp³-hybridized carbons (Fsp3) is 0. The van der Waals surface area contributed by atoms with E-state index in [1.165, 1.54) is 0 Å². The van der Waals surface area contributed by atoms with Crippen molar-refractivity contribution in [3.63, 3.8) is 0 Å². The van der Waals surface area contributed by atoms with Gasteiger partial charge < -0.3 is 0 Å². The highest BCUT2D eigenvalue weighted by Crippen LogP contribution is 2.41. The van der Waals surface area contributed by atoms with Crippen molar-refractivity contribution in [3.05, 3.63) is 212 Å². The molecule has 2 heterocycles. The summed E-state index contributed by atoms with van der Waals surface area (Å²) in [4.78, 5) is 25.7. The van der Waals surface area contributed by atoms with E-state index in [1.807, 2.05) is 97.1 Å². The Labute approximate surface area is 337 Å². The van der Waals surface area contributed by atoms with Crippen LogP contribution in [0.15, 0.2) is 212 Å². The Balaban J connectivity index is 1.15. The summed E-state index contributed by atoms with van der Waals surface area (Å²) in [5.74, 6) is 2.52. The second-order valence-electron chi connectivity index (χ2n) is 14.1. The Morgan fingerprint density at radius 2 is 0.690 bits per heavy atom. The molecular formula is C53H35N5. The second-order valence-corrected chi connectivity index (χ2v) is 14.1. The summed E-state index contributed by atoms with van der Waals surface area (Å²) < 4.78 is 0. The van der Waals surface area contributed by atoms with Crippen LogP contribution in [0.2, 0.25) is 0 Å². The fourth-order valence-electron chi connectivity index (χ4n) is 7.55. The lowest BCUT2D eigenvalue weighted by atomic mass is 9.90. The van der Waals surface area contributed by atoms with Crippen molar-refractivity contribution in [1.82, 2.24) is 24.9 Å². The molecule has 10 aromatic rings. The monoisotopic (exact) mass is 741 g/mol. The summed E-state index contributed by atoms with van der Waals surface area (Å²) in [5.41, 5.74) is 11.7. The average molecular weight is 742 g/mol. The lowest BCUT2D eigenvalue weighted by Gasteiger charge is -2.16. The minimum atomic E-state index is 0.610. The maximum Gasteiger partial charge on any atom is 0.164 e. The van der Waals surface area contributed by atoms with Gasteiger partial charge in [-0.1, -0.05) is 194 Å². The maximum absolute atomic E-state index is 5.19. The highest BCUT2D eigenvalue weighted by atomic mass is 15.0. The molecule has 0 atom stereocenters. The summed E-state index contributed by atoms with van der Waals surface area (Å²) in [6.07, 6.45) is 0. The molecule has 0 spiro atoms. The molecule has 0 saturated heterocycles. The molecule has 0 aliphatic heterocycles. The van der Waals surface area contributed by atoms with Crippen LogP contribution in [-0.4, -0.2) is 24.9 Å². The topological polar surface area (TPSA) is 64.5 Å². The van der Waals surface area contributed by atoms with Crippen LogP contribution < -0.4 is 0 Å². The minimum absolute atomic E-state index is 0.610. The molecule has 58 heavy (non-hydrogen) atoms. The third-order valence-corrected chi connectivity index (χ3v) is 10.4. The van der Waals surface area contributed by atoms with Gasteiger partial charge in [-0.3, -0.25) is 0 Å². The lowest BCUT2D eigenvalue weighted by molar-refractivity contribution is 1.07. The molecule has 0 radical (unpaired) electrons. The van der Waals surface area contributed by atoms with E-state index in [0.29, 0.717) is 23.3 Å². The Morgan fingerprint density at radius 3 is 1.29 bits per heavy atom. The third-order valence-electron chi connectivity index (χ3n) is 10.4. The highest BCUT2D eigenvalue weighted by molar-refractivity contribution is 6.04. The third kappa shape index (κ3) is 6.82. The molecule has 0 aliphatic rings. The molecule has 0 N–H and O–H groups in total. The predicted molar refractivity (Wildman–Crippen MR) is 236 cm³/mol. The van der Waals surface area contributed by atoms with Crippen molar-refractivity contribution in [2.24, 2.45) is 0 Å². The van der Waals surface area contributed by atoms with Crippen molar-refractivity contribution in [1.29, 1.82) is 0 Å². The smallest absolute Gasteiger partial charge is 0.164 e. The second kappa shape index (κ2) is 15.3. The molecule has 5 heteroatoms. The largest absolute Gasteiger partial charge is 0.228 e. The number of hydrogen-bond acceptors (Lipinski definition) is 5. The number of benzene rings is 8. The normalized spacial score (nSPS) is 11.1. The van der Waals surface area contributed by atoms with Crippen LogP contribution in [0.4, 0.5) is 0 Å². The van der Waals surface area contributed by atoms with E-state index in [4.69, 9.17) is 24.9 Å². The van der Waals surface area contributed by atoms with Gasteiger partial charge in [-0.25, -0.2) is 24.9 Å². The number of fused-ring (bicyclic) bond motifs is 1. The summed E-state index contributed by atoms with van der Waals surface area (Å²) >= 11 is 0. The average Bonchev–Trinajstić information content (AvgIpc) is 3.32. The van der Waals surface area contributed by atoms with Crippen LogP contribution in [0.1, 0.15) is 0 Å². The summed E-state index contributed by atoms with van der Waals surface area (Å²) in [7, 11) is 0. The summed E-state index contributed by atoms with van der Waals surface area (Å²) in [6.45, 7) is 0. The molecule has 0 unspecified atom stereocenters. The van der Waals surface area contributed by atoms with Crippen LogP contribution in [0.5, 0.6) is 0 Å². The molecule has 0 bridgehead atoms. The number of nitrogens with zero attached hydrogens (tertiary/aromatic N) is 5. The van der Waals surface area contributed by atoms with E-state index in [2.05, 4.69) is 115 Å². The van der Waals surface area contributed by atoms with Gasteiger partial charge in [0.15, 0.2) is 23.3 Å². The van der Waals surface area contributed by atoms with Gasteiger partial charge in [-0.15, -0.1) is 0 Å². The van der Waals surface area contributed by atoms with Crippen molar-refractivity contribution in [2.75, 3.05) is 0 Å². The van der Waals surface area contributed by atoms with Crippen LogP contribution in [-0.2, 0) is 0 Å². The van der Waals surface area contributed by atoms with Crippen LogP contribution in [0, 0.1) is 0 Å². The van der Waals surface area contributed by atoms with Crippen molar-refractivity contribution in [3.8, 4) is 90.3 Å². The first-order valence-corrected chi connectivity index (χ1v) is 19.3. The fourth-order valence-corrected chi connectivity index (χ4v) is 7.55. The molecule has 272 valence electrons. The summed E-state index contributed by atoms with van der Waals surface area (Å²) in [5, 5.41) is 2.24. The molecule has 2 aromatic heterocycles. The Morgan fingerprint density at radius 1 is 0.241 bits per heavy atom. The van der Waals surface area contributed by atoms with Gasteiger partial charge in [0.2, 0.25) is 0 Å². The van der Waals surface area contributed by atoms with E-state index in [9.17, 15) is 0 Å².